The molecule has 0 bridgehead atoms. The third-order valence-electron chi connectivity index (χ3n) is 10.4. The Bertz CT molecular complexity index is 953. The van der Waals surface area contributed by atoms with Crippen LogP contribution in [0.2, 0.25) is 0 Å². The molecule has 0 saturated heterocycles. The van der Waals surface area contributed by atoms with Gasteiger partial charge in [0.1, 0.15) is 13.2 Å². The summed E-state index contributed by atoms with van der Waals surface area (Å²) in [6, 6.07) is -0.898. The monoisotopic (exact) mass is 799 g/mol. The maximum absolute atomic E-state index is 12.9. The molecule has 1 unspecified atom stereocenters. The predicted octanol–water partition coefficient (Wildman–Crippen LogP) is 12.3. The zero-order valence-electron chi connectivity index (χ0n) is 36.9. The van der Waals surface area contributed by atoms with Gasteiger partial charge in [0.05, 0.1) is 39.9 Å². The Morgan fingerprint density at radius 3 is 1.47 bits per heavy atom. The Kier molecular flexibility index (Phi) is 37.8. The van der Waals surface area contributed by atoms with E-state index in [2.05, 4.69) is 31.3 Å². The highest BCUT2D eigenvalue weighted by molar-refractivity contribution is 7.45. The van der Waals surface area contributed by atoms with Crippen molar-refractivity contribution < 1.29 is 32.9 Å². The van der Waals surface area contributed by atoms with Crippen LogP contribution in [0.1, 0.15) is 213 Å². The number of carbonyl (C=O) groups excluding carboxylic acids is 1. The van der Waals surface area contributed by atoms with E-state index in [-0.39, 0.29) is 19.1 Å². The number of phosphoric ester groups is 1. The average molecular weight is 799 g/mol. The molecular formula is C46H91N2O6P. The summed E-state index contributed by atoms with van der Waals surface area (Å²) in [5.41, 5.74) is 0. The first-order valence-corrected chi connectivity index (χ1v) is 24.7. The minimum absolute atomic E-state index is 0.00419. The lowest BCUT2D eigenvalue weighted by Crippen LogP contribution is -2.45. The normalized spacial score (nSPS) is 14.5. The van der Waals surface area contributed by atoms with Crippen LogP contribution < -0.4 is 10.2 Å². The lowest BCUT2D eigenvalue weighted by molar-refractivity contribution is -0.870. The van der Waals surface area contributed by atoms with Gasteiger partial charge in [-0.15, -0.1) is 0 Å². The molecule has 0 aliphatic carbocycles. The zero-order valence-corrected chi connectivity index (χ0v) is 37.8. The highest BCUT2D eigenvalue weighted by Gasteiger charge is 2.23. The van der Waals surface area contributed by atoms with Crippen LogP contribution in [0.3, 0.4) is 0 Å². The molecule has 0 aromatic heterocycles. The molecule has 0 aliphatic heterocycles. The highest BCUT2D eigenvalue weighted by atomic mass is 31.2. The number of amides is 1. The lowest BCUT2D eigenvalue weighted by atomic mass is 10.0. The molecule has 0 aromatic carbocycles. The SMILES string of the molecule is CCCCCCCCCCCC/C=C/CC/C=C/[C@@H](O)[C@H](COP(=O)([O-])OCC[N+](C)(C)C)NC(=O)CCCCCCCCCCCCCCCCCCC. The molecule has 9 heteroatoms. The van der Waals surface area contributed by atoms with Crippen LogP contribution in [0.4, 0.5) is 0 Å². The van der Waals surface area contributed by atoms with Gasteiger partial charge in [-0.3, -0.25) is 9.36 Å². The number of hydrogen-bond acceptors (Lipinski definition) is 6. The van der Waals surface area contributed by atoms with Crippen LogP contribution in [-0.4, -0.2) is 68.5 Å². The zero-order chi connectivity index (χ0) is 40.7. The van der Waals surface area contributed by atoms with E-state index in [0.717, 1.165) is 38.5 Å². The van der Waals surface area contributed by atoms with Gasteiger partial charge in [-0.1, -0.05) is 199 Å². The highest BCUT2D eigenvalue weighted by Crippen LogP contribution is 2.38. The van der Waals surface area contributed by atoms with Crippen molar-refractivity contribution in [3.8, 4) is 0 Å². The first-order chi connectivity index (χ1) is 26.5. The number of allylic oxidation sites excluding steroid dienone is 3. The van der Waals surface area contributed by atoms with Gasteiger partial charge in [0.15, 0.2) is 0 Å². The molecule has 0 aliphatic rings. The van der Waals surface area contributed by atoms with Crippen LogP contribution in [0.5, 0.6) is 0 Å². The Balaban J connectivity index is 4.42. The second kappa shape index (κ2) is 38.5. The lowest BCUT2D eigenvalue weighted by Gasteiger charge is -2.29. The number of likely N-dealkylation sites (N-methyl/N-ethyl adjacent to an activating group) is 1. The number of unbranched alkanes of at least 4 members (excludes halogenated alkanes) is 27. The number of nitrogens with one attached hydrogen (secondary N) is 1. The summed E-state index contributed by atoms with van der Waals surface area (Å²) in [5, 5.41) is 13.8. The molecule has 0 saturated carbocycles. The molecule has 1 amide bonds. The van der Waals surface area contributed by atoms with Gasteiger partial charge in [-0.2, -0.15) is 0 Å². The van der Waals surface area contributed by atoms with E-state index < -0.39 is 20.0 Å². The molecule has 0 aromatic rings. The third kappa shape index (κ3) is 41.0. The smallest absolute Gasteiger partial charge is 0.268 e. The molecule has 8 nitrogen and oxygen atoms in total. The summed E-state index contributed by atoms with van der Waals surface area (Å²) in [7, 11) is 1.25. The molecule has 0 rings (SSSR count). The standard InChI is InChI=1S/C46H91N2O6P/c1-6-8-10-12-14-16-18-20-22-24-26-28-30-32-34-36-38-40-46(50)47-44(43-54-55(51,52)53-42-41-48(3,4)5)45(49)39-37-35-33-31-29-27-25-23-21-19-17-15-13-11-9-7-2/h29,31,37,39,44-45,49H,6-28,30,32-36,38,40-43H2,1-5H3,(H-,47,50,51,52)/b31-29+,39-37+/t44-,45+/m0/s1. The Hall–Kier alpha value is -1.02. The van der Waals surface area contributed by atoms with E-state index in [1.54, 1.807) is 6.08 Å². The number of carbonyl (C=O) groups is 1. The van der Waals surface area contributed by atoms with Gasteiger partial charge in [0.25, 0.3) is 7.82 Å². The first kappa shape index (κ1) is 54.0. The Morgan fingerprint density at radius 1 is 0.618 bits per heavy atom. The maximum Gasteiger partial charge on any atom is 0.268 e. The second-order valence-electron chi connectivity index (χ2n) is 17.1. The largest absolute Gasteiger partial charge is 0.756 e. The van der Waals surface area contributed by atoms with Crippen LogP contribution >= 0.6 is 7.82 Å². The number of nitrogens with zero attached hydrogens (tertiary/aromatic N) is 1. The number of quaternary nitrogens is 1. The summed E-state index contributed by atoms with van der Waals surface area (Å²) < 4.78 is 23.2. The molecule has 0 fully saturated rings. The first-order valence-electron chi connectivity index (χ1n) is 23.2. The van der Waals surface area contributed by atoms with E-state index in [0.29, 0.717) is 17.4 Å². The number of aliphatic hydroxyl groups excluding tert-OH is 1. The van der Waals surface area contributed by atoms with E-state index in [1.165, 1.54) is 154 Å². The summed E-state index contributed by atoms with van der Waals surface area (Å²) in [6.45, 7) is 4.64. The van der Waals surface area contributed by atoms with E-state index in [1.807, 2.05) is 27.2 Å². The van der Waals surface area contributed by atoms with E-state index in [4.69, 9.17) is 9.05 Å². The summed E-state index contributed by atoms with van der Waals surface area (Å²) in [5.74, 6) is -0.205. The molecule has 0 radical (unpaired) electrons. The molecular weight excluding hydrogens is 707 g/mol. The van der Waals surface area contributed by atoms with Crippen molar-refractivity contribution >= 4 is 13.7 Å². The molecule has 55 heavy (non-hydrogen) atoms. The average Bonchev–Trinajstić information content (AvgIpc) is 3.13. The fraction of sp³-hybridized carbons (Fsp3) is 0.891. The van der Waals surface area contributed by atoms with Crippen molar-refractivity contribution in [2.75, 3.05) is 40.9 Å². The fourth-order valence-electron chi connectivity index (χ4n) is 6.70. The van der Waals surface area contributed by atoms with Crippen molar-refractivity contribution in [3.05, 3.63) is 24.3 Å². The summed E-state index contributed by atoms with van der Waals surface area (Å²) in [4.78, 5) is 25.3. The van der Waals surface area contributed by atoms with E-state index >= 15 is 0 Å². The minimum Gasteiger partial charge on any atom is -0.756 e. The topological polar surface area (TPSA) is 108 Å². The Labute approximate surface area is 341 Å². The van der Waals surface area contributed by atoms with Crippen LogP contribution in [0.15, 0.2) is 24.3 Å². The number of aliphatic hydroxyl groups is 1. The van der Waals surface area contributed by atoms with Gasteiger partial charge >= 0.3 is 0 Å². The predicted molar refractivity (Wildman–Crippen MR) is 233 cm³/mol. The van der Waals surface area contributed by atoms with E-state index in [9.17, 15) is 19.4 Å². The van der Waals surface area contributed by atoms with Crippen molar-refractivity contribution in [2.24, 2.45) is 0 Å². The molecule has 3 atom stereocenters. The van der Waals surface area contributed by atoms with Gasteiger partial charge in [-0.25, -0.2) is 0 Å². The number of hydrogen-bond donors (Lipinski definition) is 2. The number of rotatable bonds is 42. The van der Waals surface area contributed by atoms with Crippen LogP contribution in [0.25, 0.3) is 0 Å². The summed E-state index contributed by atoms with van der Waals surface area (Å²) >= 11 is 0. The molecule has 326 valence electrons. The van der Waals surface area contributed by atoms with Crippen molar-refractivity contribution in [1.82, 2.24) is 5.32 Å². The fourth-order valence-corrected chi connectivity index (χ4v) is 7.42. The maximum atomic E-state index is 12.9. The van der Waals surface area contributed by atoms with Gasteiger partial charge < -0.3 is 28.8 Å². The Morgan fingerprint density at radius 2 is 1.02 bits per heavy atom. The van der Waals surface area contributed by atoms with Crippen LogP contribution in [0, 0.1) is 0 Å². The van der Waals surface area contributed by atoms with Crippen molar-refractivity contribution in [1.29, 1.82) is 0 Å². The quantitative estimate of drug-likeness (QED) is 0.0276. The van der Waals surface area contributed by atoms with Crippen molar-refractivity contribution in [3.63, 3.8) is 0 Å². The summed E-state index contributed by atoms with van der Waals surface area (Å²) in [6.07, 6.45) is 45.1. The van der Waals surface area contributed by atoms with Crippen molar-refractivity contribution in [2.45, 2.75) is 225 Å². The van der Waals surface area contributed by atoms with Crippen LogP contribution in [-0.2, 0) is 18.4 Å². The van der Waals surface area contributed by atoms with Gasteiger partial charge in [0.2, 0.25) is 5.91 Å². The molecule has 2 N–H and O–H groups in total. The third-order valence-corrected chi connectivity index (χ3v) is 11.4. The minimum atomic E-state index is -4.59. The second-order valence-corrected chi connectivity index (χ2v) is 18.5. The molecule has 0 spiro atoms. The van der Waals surface area contributed by atoms with Gasteiger partial charge in [0, 0.05) is 6.42 Å². The number of phosphoric acid groups is 1. The molecule has 0 heterocycles. The van der Waals surface area contributed by atoms with Gasteiger partial charge in [-0.05, 0) is 32.1 Å².